The maximum absolute atomic E-state index is 13.5. The molecule has 20 heavy (non-hydrogen) atoms. The number of nitro benzene ring substituents is 1. The van der Waals surface area contributed by atoms with Crippen LogP contribution in [0.15, 0.2) is 12.1 Å². The highest BCUT2D eigenvalue weighted by atomic mass is 32.2. The summed E-state index contributed by atoms with van der Waals surface area (Å²) in [5, 5.41) is 13.7. The lowest BCUT2D eigenvalue weighted by atomic mass is 10.1. The van der Waals surface area contributed by atoms with Gasteiger partial charge < -0.3 is 5.32 Å². The van der Waals surface area contributed by atoms with Crippen LogP contribution < -0.4 is 5.32 Å². The molecule has 0 spiro atoms. The fourth-order valence-corrected chi connectivity index (χ4v) is 2.46. The van der Waals surface area contributed by atoms with E-state index in [-0.39, 0.29) is 18.2 Å². The summed E-state index contributed by atoms with van der Waals surface area (Å²) in [4.78, 5) is 9.77. The molecule has 7 heteroatoms. The topological polar surface area (TPSA) is 55.2 Å². The van der Waals surface area contributed by atoms with E-state index in [0.717, 1.165) is 24.0 Å². The van der Waals surface area contributed by atoms with Crippen LogP contribution in [-0.4, -0.2) is 22.5 Å². The van der Waals surface area contributed by atoms with Crippen LogP contribution in [0.25, 0.3) is 0 Å². The van der Waals surface area contributed by atoms with Crippen LogP contribution in [0.1, 0.15) is 25.8 Å². The summed E-state index contributed by atoms with van der Waals surface area (Å²) in [6, 6.07) is 1.68. The molecule has 0 aliphatic heterocycles. The van der Waals surface area contributed by atoms with Crippen LogP contribution in [0.4, 0.5) is 14.5 Å². The molecule has 1 N–H and O–H groups in total. The van der Waals surface area contributed by atoms with Crippen LogP contribution in [0.2, 0.25) is 0 Å². The summed E-state index contributed by atoms with van der Waals surface area (Å²) in [6.07, 6.45) is 0.920. The van der Waals surface area contributed by atoms with Crippen molar-refractivity contribution < 1.29 is 13.7 Å². The average Bonchev–Trinajstić information content (AvgIpc) is 2.37. The predicted molar refractivity (Wildman–Crippen MR) is 76.9 cm³/mol. The molecule has 0 amide bonds. The smallest absolute Gasteiger partial charge is 0.305 e. The molecule has 1 rings (SSSR count). The molecule has 0 radical (unpaired) electrons. The number of halogens is 2. The van der Waals surface area contributed by atoms with Crippen molar-refractivity contribution in [2.75, 3.05) is 11.5 Å². The fraction of sp³-hybridized carbons (Fsp3) is 0.538. The van der Waals surface area contributed by atoms with Gasteiger partial charge in [0.1, 0.15) is 5.82 Å². The fourth-order valence-electron chi connectivity index (χ4n) is 1.65. The summed E-state index contributed by atoms with van der Waals surface area (Å²) in [7, 11) is 0. The highest BCUT2D eigenvalue weighted by Gasteiger charge is 2.18. The van der Waals surface area contributed by atoms with Gasteiger partial charge in [0.05, 0.1) is 4.92 Å². The molecule has 0 aromatic heterocycles. The first kappa shape index (κ1) is 16.8. The standard InChI is InChI=1S/C13H18F2N2O2S/c1-3-20-5-4-9(2)16-8-10-6-13(17(18)19)12(15)7-11(10)14/h6-7,9,16H,3-5,8H2,1-2H3. The maximum Gasteiger partial charge on any atom is 0.305 e. The molecule has 0 aliphatic carbocycles. The molecule has 1 atom stereocenters. The Balaban J connectivity index is 2.63. The second-order valence-corrected chi connectivity index (χ2v) is 5.81. The van der Waals surface area contributed by atoms with E-state index in [1.54, 1.807) is 0 Å². The molecule has 112 valence electrons. The number of hydrogen-bond acceptors (Lipinski definition) is 4. The average molecular weight is 304 g/mol. The lowest BCUT2D eigenvalue weighted by molar-refractivity contribution is -0.387. The van der Waals surface area contributed by atoms with Gasteiger partial charge in [-0.2, -0.15) is 16.2 Å². The third kappa shape index (κ3) is 5.05. The molecular formula is C13H18F2N2O2S. The zero-order chi connectivity index (χ0) is 15.1. The van der Waals surface area contributed by atoms with Crippen LogP contribution in [0, 0.1) is 21.7 Å². The summed E-state index contributed by atoms with van der Waals surface area (Å²) < 4.78 is 26.7. The lowest BCUT2D eigenvalue weighted by Gasteiger charge is -2.13. The molecule has 0 bridgehead atoms. The SMILES string of the molecule is CCSCCC(C)NCc1cc([N+](=O)[O-])c(F)cc1F. The largest absolute Gasteiger partial charge is 0.310 e. The van der Waals surface area contributed by atoms with Gasteiger partial charge in [0.15, 0.2) is 0 Å². The first-order valence-electron chi connectivity index (χ1n) is 6.39. The van der Waals surface area contributed by atoms with Gasteiger partial charge in [0.25, 0.3) is 0 Å². The van der Waals surface area contributed by atoms with E-state index in [9.17, 15) is 18.9 Å². The molecule has 1 aromatic rings. The number of nitrogens with one attached hydrogen (secondary N) is 1. The van der Waals surface area contributed by atoms with Gasteiger partial charge >= 0.3 is 5.69 Å². The van der Waals surface area contributed by atoms with E-state index >= 15 is 0 Å². The number of thioether (sulfide) groups is 1. The summed E-state index contributed by atoms with van der Waals surface area (Å²) in [6.45, 7) is 4.19. The highest BCUT2D eigenvalue weighted by Crippen LogP contribution is 2.21. The third-order valence-corrected chi connectivity index (χ3v) is 3.79. The third-order valence-electron chi connectivity index (χ3n) is 2.85. The van der Waals surface area contributed by atoms with Crippen molar-refractivity contribution in [3.8, 4) is 0 Å². The van der Waals surface area contributed by atoms with Crippen LogP contribution in [0.3, 0.4) is 0 Å². The molecule has 0 heterocycles. The quantitative estimate of drug-likeness (QED) is 0.454. The minimum atomic E-state index is -1.15. The van der Waals surface area contributed by atoms with Gasteiger partial charge in [-0.1, -0.05) is 6.92 Å². The molecular weight excluding hydrogens is 286 g/mol. The molecule has 0 fully saturated rings. The molecule has 0 aliphatic rings. The van der Waals surface area contributed by atoms with Gasteiger partial charge in [-0.3, -0.25) is 10.1 Å². The molecule has 1 aromatic carbocycles. The second-order valence-electron chi connectivity index (χ2n) is 4.42. The molecule has 0 saturated heterocycles. The Hall–Kier alpha value is -1.21. The van der Waals surface area contributed by atoms with Gasteiger partial charge in [-0.25, -0.2) is 4.39 Å². The normalized spacial score (nSPS) is 12.4. The van der Waals surface area contributed by atoms with Crippen LogP contribution in [0.5, 0.6) is 0 Å². The predicted octanol–water partition coefficient (Wildman–Crippen LogP) is 3.49. The van der Waals surface area contributed by atoms with Crippen molar-refractivity contribution >= 4 is 17.4 Å². The van der Waals surface area contributed by atoms with Gasteiger partial charge in [0.2, 0.25) is 5.82 Å². The van der Waals surface area contributed by atoms with Crippen molar-refractivity contribution in [2.45, 2.75) is 32.9 Å². The van der Waals surface area contributed by atoms with E-state index in [2.05, 4.69) is 12.2 Å². The highest BCUT2D eigenvalue weighted by molar-refractivity contribution is 7.99. The summed E-state index contributed by atoms with van der Waals surface area (Å²) in [5.74, 6) is 0.127. The van der Waals surface area contributed by atoms with Crippen molar-refractivity contribution in [3.63, 3.8) is 0 Å². The minimum absolute atomic E-state index is 0.105. The van der Waals surface area contributed by atoms with Crippen molar-refractivity contribution in [2.24, 2.45) is 0 Å². The minimum Gasteiger partial charge on any atom is -0.310 e. The Morgan fingerprint density at radius 3 is 2.70 bits per heavy atom. The van der Waals surface area contributed by atoms with E-state index in [1.807, 2.05) is 18.7 Å². The van der Waals surface area contributed by atoms with E-state index in [1.165, 1.54) is 0 Å². The first-order valence-corrected chi connectivity index (χ1v) is 7.54. The summed E-state index contributed by atoms with van der Waals surface area (Å²) in [5.41, 5.74) is -0.592. The maximum atomic E-state index is 13.5. The summed E-state index contributed by atoms with van der Waals surface area (Å²) >= 11 is 1.82. The Labute approximate surface area is 121 Å². The number of nitrogens with zero attached hydrogens (tertiary/aromatic N) is 1. The first-order chi connectivity index (χ1) is 9.45. The van der Waals surface area contributed by atoms with Gasteiger partial charge in [-0.15, -0.1) is 0 Å². The van der Waals surface area contributed by atoms with Crippen molar-refractivity contribution in [1.82, 2.24) is 5.32 Å². The van der Waals surface area contributed by atoms with Gasteiger partial charge in [0, 0.05) is 30.3 Å². The Kier molecular flexibility index (Phi) is 6.87. The zero-order valence-corrected chi connectivity index (χ0v) is 12.3. The molecule has 0 saturated carbocycles. The van der Waals surface area contributed by atoms with E-state index in [4.69, 9.17) is 0 Å². The number of rotatable bonds is 8. The molecule has 1 unspecified atom stereocenters. The van der Waals surface area contributed by atoms with Crippen LogP contribution in [-0.2, 0) is 6.54 Å². The van der Waals surface area contributed by atoms with E-state index in [0.29, 0.717) is 6.07 Å². The lowest BCUT2D eigenvalue weighted by Crippen LogP contribution is -2.26. The Bertz CT molecular complexity index is 472. The Morgan fingerprint density at radius 1 is 1.40 bits per heavy atom. The number of nitro groups is 1. The van der Waals surface area contributed by atoms with Crippen molar-refractivity contribution in [1.29, 1.82) is 0 Å². The van der Waals surface area contributed by atoms with Gasteiger partial charge in [-0.05, 0) is 24.9 Å². The zero-order valence-electron chi connectivity index (χ0n) is 11.5. The van der Waals surface area contributed by atoms with Crippen molar-refractivity contribution in [3.05, 3.63) is 39.4 Å². The van der Waals surface area contributed by atoms with E-state index < -0.39 is 22.2 Å². The molecule has 4 nitrogen and oxygen atoms in total. The number of hydrogen-bond donors (Lipinski definition) is 1. The Morgan fingerprint density at radius 2 is 2.10 bits per heavy atom. The number of benzene rings is 1. The second kappa shape index (κ2) is 8.16. The monoisotopic (exact) mass is 304 g/mol. The van der Waals surface area contributed by atoms with Crippen LogP contribution >= 0.6 is 11.8 Å².